The second-order valence-corrected chi connectivity index (χ2v) is 47.2. The molecule has 0 atom stereocenters. The van der Waals surface area contributed by atoms with Gasteiger partial charge in [-0.1, -0.05) is 118 Å². The summed E-state index contributed by atoms with van der Waals surface area (Å²) in [7, 11) is -6.10. The van der Waals surface area contributed by atoms with Crippen molar-refractivity contribution in [2.24, 2.45) is 0 Å². The maximum absolute atomic E-state index is 2.53. The first-order chi connectivity index (χ1) is 10.7. The molecule has 0 aromatic rings. The predicted molar refractivity (Wildman–Crippen MR) is 147 cm³/mol. The Hall–Kier alpha value is 2.54. The van der Waals surface area contributed by atoms with Gasteiger partial charge in [-0.25, -0.2) is 0 Å². The average Bonchev–Trinajstić information content (AvgIpc) is 1.97. The van der Waals surface area contributed by atoms with Gasteiger partial charge in [0, 0.05) is 36.9 Å². The van der Waals surface area contributed by atoms with Crippen LogP contribution in [0.4, 0.5) is 0 Å². The van der Waals surface area contributed by atoms with Crippen LogP contribution in [0.25, 0.3) is 0 Å². The standard InChI is InChI=1S/2C10H27Si3.Lu/c2*1-11(2,3)10(12(4,5)6)13(7,8)9;/h2*1-9H3;/q2*-1;. The molecule has 0 aromatic heterocycles. The summed E-state index contributed by atoms with van der Waals surface area (Å²) in [5.41, 5.74) is 0. The zero-order chi connectivity index (χ0) is 22.2. The summed E-state index contributed by atoms with van der Waals surface area (Å²) >= 11 is 0. The molecule has 0 saturated carbocycles. The van der Waals surface area contributed by atoms with E-state index in [4.69, 9.17) is 0 Å². The van der Waals surface area contributed by atoms with Gasteiger partial charge in [0.25, 0.3) is 0 Å². The fraction of sp³-hybridized carbons (Fsp3) is 0.900. The van der Waals surface area contributed by atoms with Crippen molar-refractivity contribution in [2.45, 2.75) is 118 Å². The smallest absolute Gasteiger partial charge is 0 e. The van der Waals surface area contributed by atoms with Crippen LogP contribution >= 0.6 is 0 Å². The maximum atomic E-state index is 2.53. The molecule has 0 unspecified atom stereocenters. The molecule has 0 aliphatic heterocycles. The van der Waals surface area contributed by atoms with Gasteiger partial charge in [-0.3, -0.25) is 0 Å². The maximum Gasteiger partial charge on any atom is 0 e. The quantitative estimate of drug-likeness (QED) is 0.203. The van der Waals surface area contributed by atoms with Gasteiger partial charge in [0.15, 0.2) is 0 Å². The zero-order valence-corrected chi connectivity index (χ0v) is 29.9. The molecule has 1 radical (unpaired) electrons. The summed E-state index contributed by atoms with van der Waals surface area (Å²) < 4.78 is 0. The molecule has 0 heterocycles. The van der Waals surface area contributed by atoms with E-state index in [2.05, 4.69) is 127 Å². The Morgan fingerprint density at radius 2 is 0.333 bits per heavy atom. The SMILES string of the molecule is C[Si](C)(C)[C-]([Si](C)(C)C)[Si](C)(C)C.C[Si](C)(C)[C-]([Si](C)(C)C)[Si](C)(C)C.[Lu]. The van der Waals surface area contributed by atoms with Gasteiger partial charge in [-0.2, -0.15) is 0 Å². The molecule has 0 saturated heterocycles. The van der Waals surface area contributed by atoms with Crippen LogP contribution in [-0.2, 0) is 0 Å². The Labute approximate surface area is 210 Å². The van der Waals surface area contributed by atoms with Gasteiger partial charge in [-0.15, -0.1) is 48.4 Å². The summed E-state index contributed by atoms with van der Waals surface area (Å²) in [5.74, 6) is 0. The molecular weight excluding hydrogens is 584 g/mol. The van der Waals surface area contributed by atoms with Crippen LogP contribution in [0.1, 0.15) is 0 Å². The predicted octanol–water partition coefficient (Wildman–Crippen LogP) is 8.39. The van der Waals surface area contributed by atoms with E-state index in [0.29, 0.717) is 0 Å². The van der Waals surface area contributed by atoms with Crippen LogP contribution in [0.3, 0.4) is 0 Å². The molecular formula is C20H54LuSi6-2. The molecule has 0 bridgehead atoms. The van der Waals surface area contributed by atoms with Crippen LogP contribution in [-0.4, -0.2) is 48.4 Å². The molecule has 7 heteroatoms. The topological polar surface area (TPSA) is 0 Å². The van der Waals surface area contributed by atoms with Gasteiger partial charge in [0.05, 0.1) is 0 Å². The van der Waals surface area contributed by atoms with E-state index in [9.17, 15) is 0 Å². The molecule has 0 amide bonds. The van der Waals surface area contributed by atoms with E-state index in [1.54, 1.807) is 0 Å². The normalized spacial score (nSPS) is 14.7. The molecule has 0 aromatic carbocycles. The fourth-order valence-corrected chi connectivity index (χ4v) is 60.8. The van der Waals surface area contributed by atoms with Gasteiger partial charge < -0.3 is 9.58 Å². The van der Waals surface area contributed by atoms with Crippen LogP contribution in [0, 0.1) is 46.5 Å². The van der Waals surface area contributed by atoms with E-state index >= 15 is 0 Å². The minimum Gasteiger partial charge on any atom is -0.311 e. The molecule has 0 spiro atoms. The van der Waals surface area contributed by atoms with Crippen LogP contribution in [0.2, 0.25) is 118 Å². The van der Waals surface area contributed by atoms with Gasteiger partial charge in [0.2, 0.25) is 0 Å². The number of rotatable bonds is 6. The first-order valence-electron chi connectivity index (χ1n) is 10.5. The van der Waals surface area contributed by atoms with Crippen molar-refractivity contribution in [2.75, 3.05) is 0 Å². The fourth-order valence-electron chi connectivity index (χ4n) is 6.75. The Morgan fingerprint density at radius 3 is 0.333 bits per heavy atom. The Kier molecular flexibility index (Phi) is 13.8. The summed E-state index contributed by atoms with van der Waals surface area (Å²) in [6, 6.07) is 0. The third-order valence-corrected chi connectivity index (χ3v) is 40.5. The molecule has 0 nitrogen and oxygen atoms in total. The second-order valence-electron chi connectivity index (χ2n) is 14.2. The van der Waals surface area contributed by atoms with Crippen LogP contribution in [0.5, 0.6) is 0 Å². The number of hydrogen-bond acceptors (Lipinski definition) is 0. The Balaban J connectivity index is -0.000000411. The summed E-state index contributed by atoms with van der Waals surface area (Å²) in [6.45, 7) is 45.5. The van der Waals surface area contributed by atoms with Crippen molar-refractivity contribution in [3.05, 3.63) is 9.58 Å². The van der Waals surface area contributed by atoms with E-state index in [1.165, 1.54) is 0 Å². The summed E-state index contributed by atoms with van der Waals surface area (Å²) in [4.78, 5) is 4.12. The summed E-state index contributed by atoms with van der Waals surface area (Å²) in [5, 5.41) is 0. The van der Waals surface area contributed by atoms with Gasteiger partial charge in [0.1, 0.15) is 0 Å². The van der Waals surface area contributed by atoms with Gasteiger partial charge >= 0.3 is 0 Å². The third kappa shape index (κ3) is 13.5. The molecule has 0 rings (SSSR count). The minimum atomic E-state index is -1.02. The van der Waals surface area contributed by atoms with Crippen molar-refractivity contribution in [3.63, 3.8) is 0 Å². The van der Waals surface area contributed by atoms with E-state index in [0.717, 1.165) is 0 Å². The zero-order valence-electron chi connectivity index (χ0n) is 22.3. The molecule has 0 aliphatic carbocycles. The van der Waals surface area contributed by atoms with Crippen molar-refractivity contribution in [1.29, 1.82) is 0 Å². The van der Waals surface area contributed by atoms with E-state index < -0.39 is 48.4 Å². The van der Waals surface area contributed by atoms with E-state index in [-0.39, 0.29) is 36.9 Å². The van der Waals surface area contributed by atoms with Crippen molar-refractivity contribution in [1.82, 2.24) is 0 Å². The average molecular weight is 638 g/mol. The van der Waals surface area contributed by atoms with Gasteiger partial charge in [-0.05, 0) is 0 Å². The van der Waals surface area contributed by atoms with Crippen molar-refractivity contribution in [3.8, 4) is 0 Å². The third-order valence-electron chi connectivity index (χ3n) is 4.50. The first kappa shape index (κ1) is 34.2. The van der Waals surface area contributed by atoms with E-state index in [1.807, 2.05) is 0 Å². The van der Waals surface area contributed by atoms with Crippen LogP contribution < -0.4 is 0 Å². The second kappa shape index (κ2) is 10.9. The Morgan fingerprint density at radius 1 is 0.259 bits per heavy atom. The monoisotopic (exact) mass is 637 g/mol. The van der Waals surface area contributed by atoms with Crippen molar-refractivity contribution >= 4 is 48.4 Å². The van der Waals surface area contributed by atoms with Crippen molar-refractivity contribution < 1.29 is 36.9 Å². The number of hydrogen-bond donors (Lipinski definition) is 0. The Bertz CT molecular complexity index is 314. The molecule has 175 valence electrons. The molecule has 0 fully saturated rings. The largest absolute Gasteiger partial charge is 0.311 e. The summed E-state index contributed by atoms with van der Waals surface area (Å²) in [6.07, 6.45) is 0. The molecule has 27 heavy (non-hydrogen) atoms. The molecule has 0 N–H and O–H groups in total. The first-order valence-corrected chi connectivity index (χ1v) is 31.5. The molecule has 0 aliphatic rings. The van der Waals surface area contributed by atoms with Crippen LogP contribution in [0.15, 0.2) is 0 Å². The minimum absolute atomic E-state index is 0.